The molecule has 3 rings (SSSR count). The van der Waals surface area contributed by atoms with Crippen molar-refractivity contribution in [1.82, 2.24) is 4.90 Å². The van der Waals surface area contributed by atoms with Crippen LogP contribution in [-0.2, 0) is 4.74 Å². The summed E-state index contributed by atoms with van der Waals surface area (Å²) in [5.41, 5.74) is 6.65. The standard InChI is InChI=1S/C15H17ClN2O2S/c1-2-9-8-18(6-7-20-9)15(19)14-13(17)12-10(16)4-3-5-11(12)21-14/h3-5,9H,2,6-8,17H2,1H3. The number of halogens is 1. The number of carbonyl (C=O) groups excluding carboxylic acids is 1. The van der Waals surface area contributed by atoms with Gasteiger partial charge in [-0.05, 0) is 18.6 Å². The molecule has 2 heterocycles. The Morgan fingerprint density at radius 2 is 2.38 bits per heavy atom. The number of hydrogen-bond acceptors (Lipinski definition) is 4. The summed E-state index contributed by atoms with van der Waals surface area (Å²) in [6.45, 7) is 3.87. The molecule has 6 heteroatoms. The second kappa shape index (κ2) is 5.83. The Bertz CT molecular complexity index is 686. The Labute approximate surface area is 132 Å². The first-order valence-corrected chi connectivity index (χ1v) is 8.18. The summed E-state index contributed by atoms with van der Waals surface area (Å²) >= 11 is 7.60. The number of nitrogens with two attached hydrogens (primary N) is 1. The van der Waals surface area contributed by atoms with E-state index in [4.69, 9.17) is 22.1 Å². The molecule has 1 aromatic carbocycles. The monoisotopic (exact) mass is 324 g/mol. The predicted molar refractivity (Wildman–Crippen MR) is 87.2 cm³/mol. The zero-order chi connectivity index (χ0) is 15.0. The zero-order valence-electron chi connectivity index (χ0n) is 11.8. The third-order valence-corrected chi connectivity index (χ3v) is 5.25. The Morgan fingerprint density at radius 1 is 1.57 bits per heavy atom. The van der Waals surface area contributed by atoms with Gasteiger partial charge in [0.15, 0.2) is 0 Å². The second-order valence-corrected chi connectivity index (χ2v) is 6.57. The largest absolute Gasteiger partial charge is 0.397 e. The van der Waals surface area contributed by atoms with E-state index in [0.717, 1.165) is 16.5 Å². The molecule has 2 N–H and O–H groups in total. The van der Waals surface area contributed by atoms with Gasteiger partial charge >= 0.3 is 0 Å². The maximum absolute atomic E-state index is 12.7. The number of fused-ring (bicyclic) bond motifs is 1. The van der Waals surface area contributed by atoms with Gasteiger partial charge in [0.1, 0.15) is 4.88 Å². The number of thiophene rings is 1. The molecule has 2 aromatic rings. The first-order valence-electron chi connectivity index (χ1n) is 6.99. The summed E-state index contributed by atoms with van der Waals surface area (Å²) in [5.74, 6) is -0.0217. The van der Waals surface area contributed by atoms with Crippen molar-refractivity contribution in [1.29, 1.82) is 0 Å². The summed E-state index contributed by atoms with van der Waals surface area (Å²) in [6.07, 6.45) is 1.01. The van der Waals surface area contributed by atoms with Crippen LogP contribution >= 0.6 is 22.9 Å². The fraction of sp³-hybridized carbons (Fsp3) is 0.400. The second-order valence-electron chi connectivity index (χ2n) is 5.11. The lowest BCUT2D eigenvalue weighted by Gasteiger charge is -2.32. The number of nitrogen functional groups attached to an aromatic ring is 1. The average molecular weight is 325 g/mol. The lowest BCUT2D eigenvalue weighted by atomic mass is 10.2. The van der Waals surface area contributed by atoms with Crippen LogP contribution in [0.5, 0.6) is 0 Å². The number of carbonyl (C=O) groups is 1. The van der Waals surface area contributed by atoms with Crippen molar-refractivity contribution in [3.8, 4) is 0 Å². The van der Waals surface area contributed by atoms with Gasteiger partial charge < -0.3 is 15.4 Å². The van der Waals surface area contributed by atoms with E-state index in [9.17, 15) is 4.79 Å². The number of benzene rings is 1. The maximum atomic E-state index is 12.7. The van der Waals surface area contributed by atoms with E-state index < -0.39 is 0 Å². The number of hydrogen-bond donors (Lipinski definition) is 1. The molecule has 1 aliphatic heterocycles. The summed E-state index contributed by atoms with van der Waals surface area (Å²) in [4.78, 5) is 15.1. The van der Waals surface area contributed by atoms with Crippen molar-refractivity contribution < 1.29 is 9.53 Å². The zero-order valence-corrected chi connectivity index (χ0v) is 13.3. The topological polar surface area (TPSA) is 55.6 Å². The molecule has 0 spiro atoms. The van der Waals surface area contributed by atoms with Crippen molar-refractivity contribution in [3.05, 3.63) is 28.1 Å². The SMILES string of the molecule is CCC1CN(C(=O)c2sc3cccc(Cl)c3c2N)CCO1. The van der Waals surface area contributed by atoms with Gasteiger partial charge in [-0.25, -0.2) is 0 Å². The molecule has 1 atom stereocenters. The minimum atomic E-state index is -0.0217. The molecule has 21 heavy (non-hydrogen) atoms. The van der Waals surface area contributed by atoms with Crippen LogP contribution in [-0.4, -0.2) is 36.6 Å². The van der Waals surface area contributed by atoms with Crippen LogP contribution in [0.4, 0.5) is 5.69 Å². The maximum Gasteiger partial charge on any atom is 0.266 e. The van der Waals surface area contributed by atoms with Gasteiger partial charge in [-0.15, -0.1) is 11.3 Å². The normalized spacial score (nSPS) is 19.1. The van der Waals surface area contributed by atoms with Crippen LogP contribution < -0.4 is 5.73 Å². The minimum Gasteiger partial charge on any atom is -0.397 e. The number of nitrogens with zero attached hydrogens (tertiary/aromatic N) is 1. The highest BCUT2D eigenvalue weighted by molar-refractivity contribution is 7.21. The molecule has 112 valence electrons. The molecule has 0 saturated carbocycles. The highest BCUT2D eigenvalue weighted by Gasteiger charge is 2.27. The van der Waals surface area contributed by atoms with Crippen LogP contribution in [0.25, 0.3) is 10.1 Å². The van der Waals surface area contributed by atoms with Gasteiger partial charge in [-0.1, -0.05) is 24.6 Å². The quantitative estimate of drug-likeness (QED) is 0.921. The van der Waals surface area contributed by atoms with E-state index >= 15 is 0 Å². The molecule has 1 aromatic heterocycles. The highest BCUT2D eigenvalue weighted by atomic mass is 35.5. The third kappa shape index (κ3) is 2.61. The van der Waals surface area contributed by atoms with Gasteiger partial charge in [0.25, 0.3) is 5.91 Å². The summed E-state index contributed by atoms with van der Waals surface area (Å²) in [6, 6.07) is 5.60. The van der Waals surface area contributed by atoms with E-state index in [1.54, 1.807) is 6.07 Å². The average Bonchev–Trinajstić information content (AvgIpc) is 2.85. The molecule has 1 fully saturated rings. The van der Waals surface area contributed by atoms with Crippen molar-refractivity contribution in [2.24, 2.45) is 0 Å². The van der Waals surface area contributed by atoms with Crippen LogP contribution in [0.1, 0.15) is 23.0 Å². The van der Waals surface area contributed by atoms with Gasteiger partial charge in [0.05, 0.1) is 23.4 Å². The van der Waals surface area contributed by atoms with Crippen molar-refractivity contribution >= 4 is 44.6 Å². The Morgan fingerprint density at radius 3 is 3.10 bits per heavy atom. The van der Waals surface area contributed by atoms with Crippen molar-refractivity contribution in [2.45, 2.75) is 19.4 Å². The van der Waals surface area contributed by atoms with Crippen LogP contribution in [0.15, 0.2) is 18.2 Å². The van der Waals surface area contributed by atoms with Gasteiger partial charge in [-0.2, -0.15) is 0 Å². The van der Waals surface area contributed by atoms with E-state index in [1.165, 1.54) is 11.3 Å². The number of ether oxygens (including phenoxy) is 1. The molecule has 1 aliphatic rings. The first kappa shape index (κ1) is 14.6. The van der Waals surface area contributed by atoms with Crippen LogP contribution in [0, 0.1) is 0 Å². The lowest BCUT2D eigenvalue weighted by Crippen LogP contribution is -2.45. The van der Waals surface area contributed by atoms with E-state index in [-0.39, 0.29) is 12.0 Å². The molecular formula is C15H17ClN2O2S. The van der Waals surface area contributed by atoms with Gasteiger partial charge in [0.2, 0.25) is 0 Å². The third-order valence-electron chi connectivity index (χ3n) is 3.78. The van der Waals surface area contributed by atoms with Crippen molar-refractivity contribution in [2.75, 3.05) is 25.4 Å². The number of anilines is 1. The molecule has 4 nitrogen and oxygen atoms in total. The Hall–Kier alpha value is -1.30. The van der Waals surface area contributed by atoms with Gasteiger partial charge in [-0.3, -0.25) is 4.79 Å². The highest BCUT2D eigenvalue weighted by Crippen LogP contribution is 2.38. The summed E-state index contributed by atoms with van der Waals surface area (Å²) < 4.78 is 6.56. The molecule has 0 aliphatic carbocycles. The van der Waals surface area contributed by atoms with E-state index in [0.29, 0.717) is 35.3 Å². The summed E-state index contributed by atoms with van der Waals surface area (Å²) in [5, 5.41) is 1.38. The predicted octanol–water partition coefficient (Wildman–Crippen LogP) is 3.39. The first-order chi connectivity index (χ1) is 10.1. The fourth-order valence-electron chi connectivity index (χ4n) is 2.58. The minimum absolute atomic E-state index is 0.0217. The van der Waals surface area contributed by atoms with Crippen molar-refractivity contribution in [3.63, 3.8) is 0 Å². The Kier molecular flexibility index (Phi) is 4.06. The smallest absolute Gasteiger partial charge is 0.266 e. The molecular weight excluding hydrogens is 308 g/mol. The van der Waals surface area contributed by atoms with Crippen LogP contribution in [0.2, 0.25) is 5.02 Å². The van der Waals surface area contributed by atoms with E-state index in [2.05, 4.69) is 6.92 Å². The summed E-state index contributed by atoms with van der Waals surface area (Å²) in [7, 11) is 0. The van der Waals surface area contributed by atoms with Crippen LogP contribution in [0.3, 0.4) is 0 Å². The van der Waals surface area contributed by atoms with E-state index in [1.807, 2.05) is 17.0 Å². The lowest BCUT2D eigenvalue weighted by molar-refractivity contribution is -0.0224. The molecule has 0 bridgehead atoms. The number of amides is 1. The fourth-order valence-corrected chi connectivity index (χ4v) is 4.03. The molecule has 0 radical (unpaired) electrons. The molecule has 1 unspecified atom stereocenters. The molecule has 1 amide bonds. The Balaban J connectivity index is 1.95. The molecule has 1 saturated heterocycles. The van der Waals surface area contributed by atoms with Gasteiger partial charge in [0, 0.05) is 23.2 Å². The number of morpholine rings is 1. The number of rotatable bonds is 2.